The molecule has 2 amide bonds. The molecule has 0 aromatic heterocycles. The van der Waals surface area contributed by atoms with E-state index in [1.54, 1.807) is 0 Å². The summed E-state index contributed by atoms with van der Waals surface area (Å²) in [5, 5.41) is 14.2. The minimum Gasteiger partial charge on any atom is -0.409 e. The van der Waals surface area contributed by atoms with E-state index in [1.807, 2.05) is 6.92 Å². The first-order chi connectivity index (χ1) is 7.92. The summed E-state index contributed by atoms with van der Waals surface area (Å²) in [7, 11) is 0. The van der Waals surface area contributed by atoms with E-state index in [9.17, 15) is 9.59 Å². The quantitative estimate of drug-likeness (QED) is 0.216. The standard InChI is InChI=1S/C10H18N4O3/c1-6-4-10(5-6,8(12)14-17)9(16)13-3-2-7(11)15/h6,17H,2-5H2,1H3,(H2,11,15)(H2,12,14)(H,13,16). The number of nitrogens with one attached hydrogen (secondary N) is 1. The summed E-state index contributed by atoms with van der Waals surface area (Å²) in [5.74, 6) is -0.512. The SMILES string of the molecule is CC1CC(C(=O)NCCC(N)=O)(C(N)=NO)C1. The number of amides is 2. The summed E-state index contributed by atoms with van der Waals surface area (Å²) in [5.41, 5.74) is 9.59. The molecule has 0 bridgehead atoms. The minimum atomic E-state index is -0.925. The molecular formula is C10H18N4O3. The van der Waals surface area contributed by atoms with Crippen molar-refractivity contribution in [1.29, 1.82) is 0 Å². The second-order valence-corrected chi connectivity index (χ2v) is 4.55. The van der Waals surface area contributed by atoms with Gasteiger partial charge < -0.3 is 22.0 Å². The molecule has 96 valence electrons. The first-order valence-corrected chi connectivity index (χ1v) is 5.47. The van der Waals surface area contributed by atoms with Gasteiger partial charge in [-0.25, -0.2) is 0 Å². The summed E-state index contributed by atoms with van der Waals surface area (Å²) in [6.07, 6.45) is 1.17. The van der Waals surface area contributed by atoms with Crippen molar-refractivity contribution in [3.63, 3.8) is 0 Å². The highest BCUT2D eigenvalue weighted by Crippen LogP contribution is 2.45. The summed E-state index contributed by atoms with van der Waals surface area (Å²) in [6, 6.07) is 0. The summed E-state index contributed by atoms with van der Waals surface area (Å²) >= 11 is 0. The molecule has 1 saturated carbocycles. The van der Waals surface area contributed by atoms with Crippen molar-refractivity contribution in [3.8, 4) is 0 Å². The normalized spacial score (nSPS) is 28.3. The van der Waals surface area contributed by atoms with Crippen LogP contribution in [0.15, 0.2) is 5.16 Å². The largest absolute Gasteiger partial charge is 0.409 e. The summed E-state index contributed by atoms with van der Waals surface area (Å²) in [6.45, 7) is 2.16. The second-order valence-electron chi connectivity index (χ2n) is 4.55. The number of hydrogen-bond donors (Lipinski definition) is 4. The number of rotatable bonds is 5. The lowest BCUT2D eigenvalue weighted by molar-refractivity contribution is -0.133. The van der Waals surface area contributed by atoms with Crippen LogP contribution in [0.1, 0.15) is 26.2 Å². The predicted molar refractivity (Wildman–Crippen MR) is 61.1 cm³/mol. The summed E-state index contributed by atoms with van der Waals surface area (Å²) in [4.78, 5) is 22.5. The van der Waals surface area contributed by atoms with Crippen LogP contribution in [0, 0.1) is 11.3 Å². The number of carbonyl (C=O) groups is 2. The number of oxime groups is 1. The molecule has 1 fully saturated rings. The van der Waals surface area contributed by atoms with Crippen molar-refractivity contribution in [1.82, 2.24) is 5.32 Å². The van der Waals surface area contributed by atoms with Crippen LogP contribution in [0.2, 0.25) is 0 Å². The van der Waals surface area contributed by atoms with Gasteiger partial charge in [-0.1, -0.05) is 12.1 Å². The number of hydrogen-bond acceptors (Lipinski definition) is 4. The zero-order valence-electron chi connectivity index (χ0n) is 9.77. The molecule has 0 spiro atoms. The number of amidine groups is 1. The maximum absolute atomic E-state index is 11.9. The van der Waals surface area contributed by atoms with E-state index in [0.29, 0.717) is 18.8 Å². The molecule has 0 aliphatic heterocycles. The van der Waals surface area contributed by atoms with Crippen molar-refractivity contribution in [2.45, 2.75) is 26.2 Å². The Morgan fingerprint density at radius 1 is 1.47 bits per heavy atom. The number of carbonyl (C=O) groups excluding carboxylic acids is 2. The number of nitrogens with zero attached hydrogens (tertiary/aromatic N) is 1. The van der Waals surface area contributed by atoms with Gasteiger partial charge >= 0.3 is 0 Å². The Balaban J connectivity index is 2.60. The van der Waals surface area contributed by atoms with Crippen molar-refractivity contribution >= 4 is 17.6 Å². The maximum Gasteiger partial charge on any atom is 0.233 e. The fraction of sp³-hybridized carbons (Fsp3) is 0.700. The molecule has 7 nitrogen and oxygen atoms in total. The Morgan fingerprint density at radius 3 is 2.47 bits per heavy atom. The van der Waals surface area contributed by atoms with Crippen LogP contribution in [0.4, 0.5) is 0 Å². The second kappa shape index (κ2) is 5.03. The van der Waals surface area contributed by atoms with Gasteiger partial charge in [-0.05, 0) is 18.8 Å². The third-order valence-corrected chi connectivity index (χ3v) is 3.08. The average molecular weight is 242 g/mol. The molecule has 6 N–H and O–H groups in total. The number of primary amides is 1. The van der Waals surface area contributed by atoms with Crippen LogP contribution in [0.25, 0.3) is 0 Å². The van der Waals surface area contributed by atoms with E-state index in [-0.39, 0.29) is 24.7 Å². The van der Waals surface area contributed by atoms with Crippen molar-refractivity contribution in [2.75, 3.05) is 6.54 Å². The number of nitrogens with two attached hydrogens (primary N) is 2. The fourth-order valence-corrected chi connectivity index (χ4v) is 2.20. The maximum atomic E-state index is 11.9. The molecule has 0 aromatic rings. The Labute approximate surface area is 99.2 Å². The Kier molecular flexibility index (Phi) is 3.93. The molecule has 1 rings (SSSR count). The van der Waals surface area contributed by atoms with Gasteiger partial charge in [0.05, 0.1) is 0 Å². The van der Waals surface area contributed by atoms with Crippen molar-refractivity contribution in [2.24, 2.45) is 28.0 Å². The van der Waals surface area contributed by atoms with Gasteiger partial charge in [0.25, 0.3) is 0 Å². The first-order valence-electron chi connectivity index (χ1n) is 5.47. The monoisotopic (exact) mass is 242 g/mol. The van der Waals surface area contributed by atoms with E-state index in [2.05, 4.69) is 10.5 Å². The first kappa shape index (κ1) is 13.3. The molecule has 0 saturated heterocycles. The van der Waals surface area contributed by atoms with E-state index in [4.69, 9.17) is 16.7 Å². The van der Waals surface area contributed by atoms with E-state index in [0.717, 1.165) is 0 Å². The molecule has 1 aliphatic carbocycles. The van der Waals surface area contributed by atoms with Gasteiger partial charge in [-0.15, -0.1) is 0 Å². The summed E-state index contributed by atoms with van der Waals surface area (Å²) < 4.78 is 0. The smallest absolute Gasteiger partial charge is 0.233 e. The van der Waals surface area contributed by atoms with Gasteiger partial charge in [-0.2, -0.15) is 0 Å². The van der Waals surface area contributed by atoms with E-state index < -0.39 is 11.3 Å². The lowest BCUT2D eigenvalue weighted by Crippen LogP contribution is -2.57. The molecular weight excluding hydrogens is 224 g/mol. The third kappa shape index (κ3) is 2.66. The Hall–Kier alpha value is -1.79. The molecule has 0 heterocycles. The van der Waals surface area contributed by atoms with Crippen molar-refractivity contribution in [3.05, 3.63) is 0 Å². The highest BCUT2D eigenvalue weighted by Gasteiger charge is 2.51. The van der Waals surface area contributed by atoms with Crippen LogP contribution < -0.4 is 16.8 Å². The minimum absolute atomic E-state index is 0.0767. The Morgan fingerprint density at radius 2 is 2.06 bits per heavy atom. The zero-order valence-corrected chi connectivity index (χ0v) is 9.77. The lowest BCUT2D eigenvalue weighted by Gasteiger charge is -2.43. The van der Waals surface area contributed by atoms with Crippen LogP contribution >= 0.6 is 0 Å². The van der Waals surface area contributed by atoms with Crippen molar-refractivity contribution < 1.29 is 14.8 Å². The molecule has 17 heavy (non-hydrogen) atoms. The molecule has 1 aliphatic rings. The van der Waals surface area contributed by atoms with Gasteiger partial charge in [0.1, 0.15) is 5.41 Å². The van der Waals surface area contributed by atoms with Gasteiger partial charge in [0.2, 0.25) is 11.8 Å². The molecule has 0 atom stereocenters. The van der Waals surface area contributed by atoms with Crippen LogP contribution in [-0.4, -0.2) is 29.4 Å². The predicted octanol–water partition coefficient (Wildman–Crippen LogP) is -0.859. The fourth-order valence-electron chi connectivity index (χ4n) is 2.20. The highest BCUT2D eigenvalue weighted by molar-refractivity contribution is 6.07. The van der Waals surface area contributed by atoms with E-state index >= 15 is 0 Å². The molecule has 0 radical (unpaired) electrons. The van der Waals surface area contributed by atoms with Crippen LogP contribution in [0.3, 0.4) is 0 Å². The zero-order chi connectivity index (χ0) is 13.1. The highest BCUT2D eigenvalue weighted by atomic mass is 16.4. The average Bonchev–Trinajstić information content (AvgIpc) is 2.22. The van der Waals surface area contributed by atoms with Crippen LogP contribution in [-0.2, 0) is 9.59 Å². The van der Waals surface area contributed by atoms with Gasteiger partial charge in [0, 0.05) is 13.0 Å². The van der Waals surface area contributed by atoms with E-state index in [1.165, 1.54) is 0 Å². The van der Waals surface area contributed by atoms with Crippen LogP contribution in [0.5, 0.6) is 0 Å². The Bertz CT molecular complexity index is 347. The topological polar surface area (TPSA) is 131 Å². The van der Waals surface area contributed by atoms with Gasteiger partial charge in [0.15, 0.2) is 5.84 Å². The molecule has 0 unspecified atom stereocenters. The molecule has 7 heteroatoms. The van der Waals surface area contributed by atoms with Gasteiger partial charge in [-0.3, -0.25) is 9.59 Å². The lowest BCUT2D eigenvalue weighted by atomic mass is 9.61. The third-order valence-electron chi connectivity index (χ3n) is 3.08. The molecule has 0 aromatic carbocycles.